The second-order valence-corrected chi connectivity index (χ2v) is 4.46. The molecule has 0 amide bonds. The Labute approximate surface area is 81.7 Å². The van der Waals surface area contributed by atoms with Crippen LogP contribution in [0, 0.1) is 0 Å². The van der Waals surface area contributed by atoms with Crippen molar-refractivity contribution in [1.29, 1.82) is 0 Å². The van der Waals surface area contributed by atoms with Gasteiger partial charge >= 0.3 is 0 Å². The number of hydrogen-bond acceptors (Lipinski definition) is 0. The number of benzene rings is 1. The first kappa shape index (κ1) is 7.81. The summed E-state index contributed by atoms with van der Waals surface area (Å²) in [6.07, 6.45) is -0.0991. The van der Waals surface area contributed by atoms with Crippen LogP contribution in [0.4, 0.5) is 4.39 Å². The van der Waals surface area contributed by atoms with E-state index in [0.717, 1.165) is 5.56 Å². The van der Waals surface area contributed by atoms with Crippen molar-refractivity contribution in [3.63, 3.8) is 0 Å². The van der Waals surface area contributed by atoms with Crippen LogP contribution in [0.5, 0.6) is 0 Å². The zero-order valence-electron chi connectivity index (χ0n) is 7.08. The third-order valence-electron chi connectivity index (χ3n) is 3.35. The molecule has 0 spiro atoms. The van der Waals surface area contributed by atoms with E-state index in [9.17, 15) is 4.39 Å². The van der Waals surface area contributed by atoms with Crippen molar-refractivity contribution in [1.82, 2.24) is 0 Å². The van der Waals surface area contributed by atoms with E-state index < -0.39 is 6.17 Å². The Kier molecular flexibility index (Phi) is 1.49. The average Bonchev–Trinajstić information content (AvgIpc) is 2.56. The summed E-state index contributed by atoms with van der Waals surface area (Å²) in [5, 5.41) is -0.00704. The average molecular weight is 197 g/mol. The third-order valence-corrected chi connectivity index (χ3v) is 3.93. The van der Waals surface area contributed by atoms with Gasteiger partial charge in [0.05, 0.1) is 5.38 Å². The maximum absolute atomic E-state index is 13.5. The van der Waals surface area contributed by atoms with Gasteiger partial charge in [0.15, 0.2) is 0 Å². The van der Waals surface area contributed by atoms with Crippen molar-refractivity contribution in [3.05, 3.63) is 35.4 Å². The minimum atomic E-state index is -0.720. The molecule has 0 aromatic heterocycles. The molecule has 2 bridgehead atoms. The predicted octanol–water partition coefficient (Wildman–Crippen LogP) is 3.22. The molecule has 13 heavy (non-hydrogen) atoms. The molecule has 0 heterocycles. The smallest absolute Gasteiger partial charge is 0.109 e. The summed E-state index contributed by atoms with van der Waals surface area (Å²) < 4.78 is 13.5. The highest BCUT2D eigenvalue weighted by molar-refractivity contribution is 6.22. The van der Waals surface area contributed by atoms with E-state index in [1.165, 1.54) is 5.56 Å². The quantitative estimate of drug-likeness (QED) is 0.559. The van der Waals surface area contributed by atoms with Gasteiger partial charge in [0.1, 0.15) is 6.17 Å². The fourth-order valence-corrected chi connectivity index (χ4v) is 3.32. The first-order chi connectivity index (χ1) is 6.29. The Bertz CT molecular complexity index is 350. The van der Waals surface area contributed by atoms with Gasteiger partial charge in [-0.05, 0) is 17.5 Å². The van der Waals surface area contributed by atoms with E-state index in [1.54, 1.807) is 0 Å². The summed E-state index contributed by atoms with van der Waals surface area (Å²) in [4.78, 5) is 0. The van der Waals surface area contributed by atoms with Crippen molar-refractivity contribution in [2.24, 2.45) is 0 Å². The summed E-state index contributed by atoms with van der Waals surface area (Å²) in [6, 6.07) is 8.08. The number of fused-ring (bicyclic) bond motifs is 5. The zero-order valence-corrected chi connectivity index (χ0v) is 7.84. The first-order valence-corrected chi connectivity index (χ1v) is 5.09. The highest BCUT2D eigenvalue weighted by atomic mass is 35.5. The second kappa shape index (κ2) is 2.48. The molecule has 3 rings (SSSR count). The summed E-state index contributed by atoms with van der Waals surface area (Å²) in [6.45, 7) is 0. The van der Waals surface area contributed by atoms with Crippen LogP contribution in [0.2, 0.25) is 0 Å². The summed E-state index contributed by atoms with van der Waals surface area (Å²) in [5.41, 5.74) is 2.42. The standard InChI is InChI=1S/C11H10ClF/c12-11-8-5-9(13)10(11)7-4-2-1-3-6(7)8/h1-4,8-11H,5H2. The Morgan fingerprint density at radius 2 is 1.92 bits per heavy atom. The monoisotopic (exact) mass is 196 g/mol. The minimum Gasteiger partial charge on any atom is -0.247 e. The molecule has 0 N–H and O–H groups in total. The third kappa shape index (κ3) is 0.859. The van der Waals surface area contributed by atoms with Crippen LogP contribution in [-0.4, -0.2) is 11.5 Å². The number of rotatable bonds is 0. The first-order valence-electron chi connectivity index (χ1n) is 4.66. The van der Waals surface area contributed by atoms with Crippen LogP contribution in [-0.2, 0) is 0 Å². The van der Waals surface area contributed by atoms with E-state index in [1.807, 2.05) is 18.2 Å². The molecule has 68 valence electrons. The van der Waals surface area contributed by atoms with Gasteiger partial charge in [-0.25, -0.2) is 4.39 Å². The van der Waals surface area contributed by atoms with Gasteiger partial charge in [0, 0.05) is 11.8 Å². The van der Waals surface area contributed by atoms with Crippen molar-refractivity contribution >= 4 is 11.6 Å². The van der Waals surface area contributed by atoms with Crippen LogP contribution >= 0.6 is 11.6 Å². The molecular formula is C11H10ClF. The lowest BCUT2D eigenvalue weighted by atomic mass is 9.91. The largest absolute Gasteiger partial charge is 0.247 e. The fourth-order valence-electron chi connectivity index (χ4n) is 2.79. The zero-order chi connectivity index (χ0) is 9.00. The van der Waals surface area contributed by atoms with E-state index in [4.69, 9.17) is 11.6 Å². The molecule has 1 saturated carbocycles. The fraction of sp³-hybridized carbons (Fsp3) is 0.455. The van der Waals surface area contributed by atoms with E-state index >= 15 is 0 Å². The van der Waals surface area contributed by atoms with Crippen LogP contribution in [0.25, 0.3) is 0 Å². The lowest BCUT2D eigenvalue weighted by Crippen LogP contribution is -2.11. The molecule has 1 fully saturated rings. The Hall–Kier alpha value is -0.560. The van der Waals surface area contributed by atoms with E-state index in [2.05, 4.69) is 6.07 Å². The molecule has 4 atom stereocenters. The molecule has 2 aliphatic carbocycles. The molecule has 2 aliphatic rings. The lowest BCUT2D eigenvalue weighted by Gasteiger charge is -2.17. The second-order valence-electron chi connectivity index (χ2n) is 3.96. The molecule has 2 heteroatoms. The van der Waals surface area contributed by atoms with Crippen LogP contribution in [0.15, 0.2) is 24.3 Å². The van der Waals surface area contributed by atoms with E-state index in [0.29, 0.717) is 6.42 Å². The normalized spacial score (nSPS) is 40.8. The molecule has 1 aromatic rings. The molecule has 1 aromatic carbocycles. The van der Waals surface area contributed by atoms with Gasteiger partial charge in [-0.15, -0.1) is 11.6 Å². The maximum Gasteiger partial charge on any atom is 0.109 e. The van der Waals surface area contributed by atoms with E-state index in [-0.39, 0.29) is 17.2 Å². The Morgan fingerprint density at radius 3 is 2.69 bits per heavy atom. The molecule has 0 radical (unpaired) electrons. The van der Waals surface area contributed by atoms with Crippen LogP contribution in [0.1, 0.15) is 29.4 Å². The highest BCUT2D eigenvalue weighted by Crippen LogP contribution is 2.56. The van der Waals surface area contributed by atoms with Crippen LogP contribution < -0.4 is 0 Å². The Balaban J connectivity index is 2.18. The number of hydrogen-bond donors (Lipinski definition) is 0. The summed E-state index contributed by atoms with van der Waals surface area (Å²) in [5.74, 6) is 0.223. The molecule has 0 nitrogen and oxygen atoms in total. The van der Waals surface area contributed by atoms with Crippen LogP contribution in [0.3, 0.4) is 0 Å². The lowest BCUT2D eigenvalue weighted by molar-refractivity contribution is 0.304. The van der Waals surface area contributed by atoms with Gasteiger partial charge in [0.2, 0.25) is 0 Å². The predicted molar refractivity (Wildman–Crippen MR) is 51.1 cm³/mol. The minimum absolute atomic E-state index is 0.00704. The Morgan fingerprint density at radius 1 is 1.23 bits per heavy atom. The molecule has 4 unspecified atom stereocenters. The molecule has 0 saturated heterocycles. The topological polar surface area (TPSA) is 0 Å². The summed E-state index contributed by atoms with van der Waals surface area (Å²) in [7, 11) is 0. The number of halogens is 2. The van der Waals surface area contributed by atoms with Gasteiger partial charge < -0.3 is 0 Å². The van der Waals surface area contributed by atoms with Gasteiger partial charge in [-0.2, -0.15) is 0 Å². The summed E-state index contributed by atoms with van der Waals surface area (Å²) >= 11 is 6.20. The molecule has 0 aliphatic heterocycles. The highest BCUT2D eigenvalue weighted by Gasteiger charge is 2.50. The van der Waals surface area contributed by atoms with Crippen molar-refractivity contribution < 1.29 is 4.39 Å². The van der Waals surface area contributed by atoms with Crippen molar-refractivity contribution in [2.75, 3.05) is 0 Å². The maximum atomic E-state index is 13.5. The van der Waals surface area contributed by atoms with Gasteiger partial charge in [-0.3, -0.25) is 0 Å². The van der Waals surface area contributed by atoms with Gasteiger partial charge in [0.25, 0.3) is 0 Å². The molecular weight excluding hydrogens is 187 g/mol. The van der Waals surface area contributed by atoms with Crippen molar-refractivity contribution in [3.8, 4) is 0 Å². The number of alkyl halides is 2. The SMILES string of the molecule is FC1CC2c3ccccc3C1C2Cl. The van der Waals surface area contributed by atoms with Crippen molar-refractivity contribution in [2.45, 2.75) is 29.8 Å². The van der Waals surface area contributed by atoms with Gasteiger partial charge in [-0.1, -0.05) is 24.3 Å².